The van der Waals surface area contributed by atoms with Gasteiger partial charge in [0.15, 0.2) is 0 Å². The zero-order valence-corrected chi connectivity index (χ0v) is 11.6. The van der Waals surface area contributed by atoms with Crippen molar-refractivity contribution >= 4 is 29.3 Å². The number of β-amino-alcohol motifs (C(OH)–C–C–N with tert-alkyl or cyclic N) is 1. The van der Waals surface area contributed by atoms with E-state index in [0.29, 0.717) is 10.7 Å². The molecule has 2 rings (SSSR count). The Balaban J connectivity index is 2.11. The molecule has 1 aliphatic rings. The zero-order chi connectivity index (χ0) is 14.9. The first kappa shape index (κ1) is 14.6. The molecule has 0 aliphatic carbocycles. The number of carbonyl (C=O) groups excluding carboxylic acids is 1. The van der Waals surface area contributed by atoms with E-state index in [-0.39, 0.29) is 13.0 Å². The lowest BCUT2D eigenvalue weighted by molar-refractivity contribution is -0.141. The third kappa shape index (κ3) is 3.02. The molecule has 0 radical (unpaired) electrons. The quantitative estimate of drug-likeness (QED) is 0.775. The Labute approximate surface area is 121 Å². The summed E-state index contributed by atoms with van der Waals surface area (Å²) in [7, 11) is 0. The SMILES string of the molecule is Cc1ccc(NC(=O)N2C[C@@H](O)C[C@H]2C(=O)O)cc1Cl. The molecule has 0 unspecified atom stereocenters. The van der Waals surface area contributed by atoms with Crippen molar-refractivity contribution in [1.82, 2.24) is 4.90 Å². The molecule has 20 heavy (non-hydrogen) atoms. The lowest BCUT2D eigenvalue weighted by Gasteiger charge is -2.21. The summed E-state index contributed by atoms with van der Waals surface area (Å²) in [5.41, 5.74) is 1.36. The van der Waals surface area contributed by atoms with Gasteiger partial charge in [0.05, 0.1) is 6.10 Å². The normalized spacial score (nSPS) is 21.9. The van der Waals surface area contributed by atoms with Crippen LogP contribution < -0.4 is 5.32 Å². The van der Waals surface area contributed by atoms with E-state index in [1.165, 1.54) is 0 Å². The van der Waals surface area contributed by atoms with Gasteiger partial charge >= 0.3 is 12.0 Å². The fourth-order valence-electron chi connectivity index (χ4n) is 2.14. The molecule has 6 nitrogen and oxygen atoms in total. The highest BCUT2D eigenvalue weighted by Crippen LogP contribution is 2.22. The molecule has 1 saturated heterocycles. The highest BCUT2D eigenvalue weighted by Gasteiger charge is 2.38. The van der Waals surface area contributed by atoms with Gasteiger partial charge in [-0.05, 0) is 24.6 Å². The molecule has 2 atom stereocenters. The third-order valence-corrected chi connectivity index (χ3v) is 3.66. The van der Waals surface area contributed by atoms with Crippen LogP contribution in [0.3, 0.4) is 0 Å². The van der Waals surface area contributed by atoms with E-state index in [1.807, 2.05) is 6.92 Å². The number of carbonyl (C=O) groups is 2. The Morgan fingerprint density at radius 3 is 2.75 bits per heavy atom. The lowest BCUT2D eigenvalue weighted by Crippen LogP contribution is -2.43. The van der Waals surface area contributed by atoms with Crippen LogP contribution in [0.1, 0.15) is 12.0 Å². The van der Waals surface area contributed by atoms with Crippen molar-refractivity contribution in [2.24, 2.45) is 0 Å². The molecule has 1 aromatic rings. The summed E-state index contributed by atoms with van der Waals surface area (Å²) in [6.45, 7) is 1.84. The van der Waals surface area contributed by atoms with Crippen molar-refractivity contribution in [2.75, 3.05) is 11.9 Å². The second-order valence-corrected chi connectivity index (χ2v) is 5.20. The van der Waals surface area contributed by atoms with Crippen LogP contribution in [0.15, 0.2) is 18.2 Å². The summed E-state index contributed by atoms with van der Waals surface area (Å²) in [6, 6.07) is 3.46. The molecule has 7 heteroatoms. The first-order valence-corrected chi connectivity index (χ1v) is 6.51. The number of carboxylic acid groups (broad SMARTS) is 1. The Kier molecular flexibility index (Phi) is 4.15. The van der Waals surface area contributed by atoms with E-state index < -0.39 is 24.1 Å². The molecule has 1 aliphatic heterocycles. The average molecular weight is 299 g/mol. The summed E-state index contributed by atoms with van der Waals surface area (Å²) in [6.07, 6.45) is -0.777. The van der Waals surface area contributed by atoms with E-state index in [1.54, 1.807) is 18.2 Å². The number of amides is 2. The highest BCUT2D eigenvalue weighted by molar-refractivity contribution is 6.31. The maximum atomic E-state index is 12.1. The number of aryl methyl sites for hydroxylation is 1. The van der Waals surface area contributed by atoms with Crippen molar-refractivity contribution in [1.29, 1.82) is 0 Å². The predicted octanol–water partition coefficient (Wildman–Crippen LogP) is 1.70. The van der Waals surface area contributed by atoms with Crippen LogP contribution in [0.25, 0.3) is 0 Å². The number of aliphatic hydroxyl groups excluding tert-OH is 1. The van der Waals surface area contributed by atoms with Crippen LogP contribution in [0.5, 0.6) is 0 Å². The number of benzene rings is 1. The number of rotatable bonds is 2. The largest absolute Gasteiger partial charge is 0.480 e. The minimum absolute atomic E-state index is 0.00237. The number of hydrogen-bond acceptors (Lipinski definition) is 3. The van der Waals surface area contributed by atoms with Crippen LogP contribution in [-0.4, -0.2) is 45.8 Å². The van der Waals surface area contributed by atoms with E-state index in [0.717, 1.165) is 10.5 Å². The molecular weight excluding hydrogens is 284 g/mol. The maximum Gasteiger partial charge on any atom is 0.326 e. The predicted molar refractivity (Wildman–Crippen MR) is 74.0 cm³/mol. The summed E-state index contributed by atoms with van der Waals surface area (Å²) in [5.74, 6) is -1.13. The molecule has 1 aromatic carbocycles. The number of nitrogens with zero attached hydrogens (tertiary/aromatic N) is 1. The molecule has 3 N–H and O–H groups in total. The van der Waals surface area contributed by atoms with Gasteiger partial charge in [-0.15, -0.1) is 0 Å². The number of aliphatic carboxylic acids is 1. The minimum atomic E-state index is -1.13. The molecule has 0 spiro atoms. The third-order valence-electron chi connectivity index (χ3n) is 3.25. The average Bonchev–Trinajstić information content (AvgIpc) is 2.76. The molecule has 2 amide bonds. The van der Waals surface area contributed by atoms with Gasteiger partial charge in [0.1, 0.15) is 6.04 Å². The molecule has 108 valence electrons. The van der Waals surface area contributed by atoms with Crippen molar-refractivity contribution < 1.29 is 19.8 Å². The number of nitrogens with one attached hydrogen (secondary N) is 1. The topological polar surface area (TPSA) is 89.9 Å². The number of halogens is 1. The van der Waals surface area contributed by atoms with Crippen LogP contribution in [0, 0.1) is 6.92 Å². The smallest absolute Gasteiger partial charge is 0.326 e. The van der Waals surface area contributed by atoms with E-state index in [2.05, 4.69) is 5.32 Å². The first-order chi connectivity index (χ1) is 9.38. The molecule has 0 aromatic heterocycles. The summed E-state index contributed by atoms with van der Waals surface area (Å²) >= 11 is 5.96. The van der Waals surface area contributed by atoms with Gasteiger partial charge in [-0.2, -0.15) is 0 Å². The van der Waals surface area contributed by atoms with Crippen molar-refractivity contribution in [3.63, 3.8) is 0 Å². The Bertz CT molecular complexity index is 549. The highest BCUT2D eigenvalue weighted by atomic mass is 35.5. The van der Waals surface area contributed by atoms with E-state index in [9.17, 15) is 14.7 Å². The number of likely N-dealkylation sites (tertiary alicyclic amines) is 1. The summed E-state index contributed by atoms with van der Waals surface area (Å²) in [4.78, 5) is 24.2. The maximum absolute atomic E-state index is 12.1. The van der Waals surface area contributed by atoms with E-state index in [4.69, 9.17) is 16.7 Å². The van der Waals surface area contributed by atoms with Gasteiger partial charge in [-0.25, -0.2) is 9.59 Å². The standard InChI is InChI=1S/C13H15ClN2O4/c1-7-2-3-8(4-10(7)14)15-13(20)16-6-9(17)5-11(16)12(18)19/h2-4,9,11,17H,5-6H2,1H3,(H,15,20)(H,18,19)/t9-,11-/m0/s1. The van der Waals surface area contributed by atoms with E-state index >= 15 is 0 Å². The Morgan fingerprint density at radius 1 is 1.45 bits per heavy atom. The lowest BCUT2D eigenvalue weighted by atomic mass is 10.2. The molecule has 1 fully saturated rings. The number of hydrogen-bond donors (Lipinski definition) is 3. The molecule has 0 saturated carbocycles. The van der Waals surface area contributed by atoms with Gasteiger partial charge in [-0.1, -0.05) is 17.7 Å². The van der Waals surface area contributed by atoms with Gasteiger partial charge in [-0.3, -0.25) is 0 Å². The molecule has 0 bridgehead atoms. The first-order valence-electron chi connectivity index (χ1n) is 6.13. The fraction of sp³-hybridized carbons (Fsp3) is 0.385. The van der Waals surface area contributed by atoms with Gasteiger partial charge in [0.2, 0.25) is 0 Å². The summed E-state index contributed by atoms with van der Waals surface area (Å²) < 4.78 is 0. The van der Waals surface area contributed by atoms with Crippen molar-refractivity contribution in [2.45, 2.75) is 25.5 Å². The monoisotopic (exact) mass is 298 g/mol. The zero-order valence-electron chi connectivity index (χ0n) is 10.8. The van der Waals surface area contributed by atoms with Gasteiger partial charge in [0.25, 0.3) is 0 Å². The van der Waals surface area contributed by atoms with Crippen molar-refractivity contribution in [3.8, 4) is 0 Å². The van der Waals surface area contributed by atoms with Crippen molar-refractivity contribution in [3.05, 3.63) is 28.8 Å². The van der Waals surface area contributed by atoms with Crippen LogP contribution in [0.2, 0.25) is 5.02 Å². The molecular formula is C13H15ClN2O4. The second kappa shape index (κ2) is 5.68. The minimum Gasteiger partial charge on any atom is -0.480 e. The summed E-state index contributed by atoms with van der Waals surface area (Å²) in [5, 5.41) is 21.6. The number of urea groups is 1. The van der Waals surface area contributed by atoms with Crippen LogP contribution in [0.4, 0.5) is 10.5 Å². The number of aliphatic hydroxyl groups is 1. The van der Waals surface area contributed by atoms with Gasteiger partial charge in [0, 0.05) is 23.7 Å². The van der Waals surface area contributed by atoms with Gasteiger partial charge < -0.3 is 20.4 Å². The second-order valence-electron chi connectivity index (χ2n) is 4.79. The Morgan fingerprint density at radius 2 is 2.15 bits per heavy atom. The van der Waals surface area contributed by atoms with Crippen LogP contribution >= 0.6 is 11.6 Å². The fourth-order valence-corrected chi connectivity index (χ4v) is 2.32. The van der Waals surface area contributed by atoms with Crippen LogP contribution in [-0.2, 0) is 4.79 Å². The Hall–Kier alpha value is -1.79. The number of anilines is 1. The number of carboxylic acids is 1. The molecule has 1 heterocycles.